The van der Waals surface area contributed by atoms with E-state index >= 15 is 0 Å². The Morgan fingerprint density at radius 1 is 1.11 bits per heavy atom. The second-order valence-corrected chi connectivity index (χ2v) is 5.38. The Balaban J connectivity index is 1.72. The SMILES string of the molecule is CN1CCCN(C(=O)CCCc2ccccc2)CC1. The number of benzene rings is 1. The van der Waals surface area contributed by atoms with Gasteiger partial charge < -0.3 is 9.80 Å². The summed E-state index contributed by atoms with van der Waals surface area (Å²) >= 11 is 0. The molecule has 0 radical (unpaired) electrons. The smallest absolute Gasteiger partial charge is 0.222 e. The van der Waals surface area contributed by atoms with Gasteiger partial charge >= 0.3 is 0 Å². The van der Waals surface area contributed by atoms with Crippen molar-refractivity contribution in [1.29, 1.82) is 0 Å². The summed E-state index contributed by atoms with van der Waals surface area (Å²) in [6.45, 7) is 3.92. The van der Waals surface area contributed by atoms with E-state index in [-0.39, 0.29) is 0 Å². The van der Waals surface area contributed by atoms with Crippen LogP contribution in [0.3, 0.4) is 0 Å². The monoisotopic (exact) mass is 260 g/mol. The molecule has 0 aromatic heterocycles. The Kier molecular flexibility index (Phi) is 5.40. The van der Waals surface area contributed by atoms with Crippen LogP contribution in [0.4, 0.5) is 0 Å². The van der Waals surface area contributed by atoms with Gasteiger partial charge in [-0.25, -0.2) is 0 Å². The van der Waals surface area contributed by atoms with Crippen LogP contribution in [0.5, 0.6) is 0 Å². The van der Waals surface area contributed by atoms with Gasteiger partial charge in [-0.2, -0.15) is 0 Å². The second-order valence-electron chi connectivity index (χ2n) is 5.38. The summed E-state index contributed by atoms with van der Waals surface area (Å²) in [5.41, 5.74) is 1.32. The minimum absolute atomic E-state index is 0.325. The summed E-state index contributed by atoms with van der Waals surface area (Å²) in [4.78, 5) is 16.5. The van der Waals surface area contributed by atoms with Gasteiger partial charge in [-0.15, -0.1) is 0 Å². The second kappa shape index (κ2) is 7.29. The van der Waals surface area contributed by atoms with Crippen LogP contribution in [0, 0.1) is 0 Å². The molecule has 1 fully saturated rings. The first-order valence-electron chi connectivity index (χ1n) is 7.26. The van der Waals surface area contributed by atoms with Gasteiger partial charge in [0.25, 0.3) is 0 Å². The fraction of sp³-hybridized carbons (Fsp3) is 0.562. The van der Waals surface area contributed by atoms with Crippen LogP contribution in [0.2, 0.25) is 0 Å². The number of rotatable bonds is 4. The molecule has 1 aromatic rings. The van der Waals surface area contributed by atoms with Crippen molar-refractivity contribution in [3.8, 4) is 0 Å². The molecular weight excluding hydrogens is 236 g/mol. The highest BCUT2D eigenvalue weighted by Gasteiger charge is 2.16. The molecule has 0 aliphatic carbocycles. The number of hydrogen-bond acceptors (Lipinski definition) is 2. The van der Waals surface area contributed by atoms with Crippen LogP contribution >= 0.6 is 0 Å². The average molecular weight is 260 g/mol. The highest BCUT2D eigenvalue weighted by molar-refractivity contribution is 5.76. The first-order chi connectivity index (χ1) is 9.25. The maximum Gasteiger partial charge on any atom is 0.222 e. The van der Waals surface area contributed by atoms with E-state index in [9.17, 15) is 4.79 Å². The minimum atomic E-state index is 0.325. The number of likely N-dealkylation sites (N-methyl/N-ethyl adjacent to an activating group) is 1. The van der Waals surface area contributed by atoms with Crippen molar-refractivity contribution in [3.05, 3.63) is 35.9 Å². The Hall–Kier alpha value is -1.35. The van der Waals surface area contributed by atoms with Gasteiger partial charge in [-0.1, -0.05) is 30.3 Å². The van der Waals surface area contributed by atoms with Gasteiger partial charge in [0.05, 0.1) is 0 Å². The lowest BCUT2D eigenvalue weighted by Gasteiger charge is -2.20. The third-order valence-electron chi connectivity index (χ3n) is 3.77. The lowest BCUT2D eigenvalue weighted by atomic mass is 10.1. The third kappa shape index (κ3) is 4.67. The molecule has 104 valence electrons. The van der Waals surface area contributed by atoms with Crippen molar-refractivity contribution in [3.63, 3.8) is 0 Å². The van der Waals surface area contributed by atoms with E-state index in [2.05, 4.69) is 36.2 Å². The lowest BCUT2D eigenvalue weighted by molar-refractivity contribution is -0.131. The summed E-state index contributed by atoms with van der Waals surface area (Å²) in [5.74, 6) is 0.325. The highest BCUT2D eigenvalue weighted by Crippen LogP contribution is 2.08. The van der Waals surface area contributed by atoms with Crippen molar-refractivity contribution in [2.75, 3.05) is 33.2 Å². The van der Waals surface area contributed by atoms with E-state index in [1.54, 1.807) is 0 Å². The molecule has 1 amide bonds. The molecule has 0 bridgehead atoms. The zero-order valence-electron chi connectivity index (χ0n) is 11.8. The Bertz CT molecular complexity index is 391. The summed E-state index contributed by atoms with van der Waals surface area (Å²) in [5, 5.41) is 0. The van der Waals surface area contributed by atoms with Crippen molar-refractivity contribution < 1.29 is 4.79 Å². The zero-order chi connectivity index (χ0) is 13.5. The van der Waals surface area contributed by atoms with Crippen LogP contribution < -0.4 is 0 Å². The molecular formula is C16H24N2O. The summed E-state index contributed by atoms with van der Waals surface area (Å²) in [6, 6.07) is 10.4. The van der Waals surface area contributed by atoms with Crippen molar-refractivity contribution in [2.24, 2.45) is 0 Å². The van der Waals surface area contributed by atoms with Crippen molar-refractivity contribution in [2.45, 2.75) is 25.7 Å². The topological polar surface area (TPSA) is 23.6 Å². The third-order valence-corrected chi connectivity index (χ3v) is 3.77. The van der Waals surface area contributed by atoms with E-state index in [1.165, 1.54) is 5.56 Å². The van der Waals surface area contributed by atoms with Gasteiger partial charge in [0.15, 0.2) is 0 Å². The van der Waals surface area contributed by atoms with Gasteiger partial charge in [0, 0.05) is 26.1 Å². The molecule has 1 saturated heterocycles. The largest absolute Gasteiger partial charge is 0.341 e. The Morgan fingerprint density at radius 2 is 1.89 bits per heavy atom. The van der Waals surface area contributed by atoms with Crippen LogP contribution in [0.1, 0.15) is 24.8 Å². The molecule has 1 aliphatic heterocycles. The molecule has 19 heavy (non-hydrogen) atoms. The molecule has 0 spiro atoms. The fourth-order valence-electron chi connectivity index (χ4n) is 2.54. The molecule has 0 atom stereocenters. The summed E-state index contributed by atoms with van der Waals surface area (Å²) in [7, 11) is 2.13. The lowest BCUT2D eigenvalue weighted by Crippen LogP contribution is -2.34. The van der Waals surface area contributed by atoms with Gasteiger partial charge in [-0.05, 0) is 38.4 Å². The first-order valence-corrected chi connectivity index (χ1v) is 7.26. The number of aryl methyl sites for hydroxylation is 1. The minimum Gasteiger partial charge on any atom is -0.341 e. The molecule has 3 nitrogen and oxygen atoms in total. The number of carbonyl (C=O) groups is 1. The number of nitrogens with zero attached hydrogens (tertiary/aromatic N) is 2. The molecule has 1 aromatic carbocycles. The molecule has 1 heterocycles. The van der Waals surface area contributed by atoms with E-state index < -0.39 is 0 Å². The standard InChI is InChI=1S/C16H24N2O/c1-17-11-6-12-18(14-13-17)16(19)10-5-9-15-7-3-2-4-8-15/h2-4,7-8H,5-6,9-14H2,1H3. The van der Waals surface area contributed by atoms with Gasteiger partial charge in [0.1, 0.15) is 0 Å². The molecule has 0 saturated carbocycles. The molecule has 3 heteroatoms. The summed E-state index contributed by atoms with van der Waals surface area (Å²) in [6.07, 6.45) is 3.73. The van der Waals surface area contributed by atoms with E-state index in [1.807, 2.05) is 11.0 Å². The zero-order valence-corrected chi connectivity index (χ0v) is 11.8. The first kappa shape index (κ1) is 14.1. The van der Waals surface area contributed by atoms with E-state index in [0.717, 1.165) is 45.4 Å². The number of hydrogen-bond donors (Lipinski definition) is 0. The summed E-state index contributed by atoms with van der Waals surface area (Å²) < 4.78 is 0. The Morgan fingerprint density at radius 3 is 2.68 bits per heavy atom. The number of amides is 1. The normalized spacial score (nSPS) is 17.2. The van der Waals surface area contributed by atoms with Crippen LogP contribution in [-0.2, 0) is 11.2 Å². The predicted molar refractivity (Wildman–Crippen MR) is 78.1 cm³/mol. The number of carbonyl (C=O) groups excluding carboxylic acids is 1. The van der Waals surface area contributed by atoms with Gasteiger partial charge in [-0.3, -0.25) is 4.79 Å². The van der Waals surface area contributed by atoms with Gasteiger partial charge in [0.2, 0.25) is 5.91 Å². The van der Waals surface area contributed by atoms with E-state index in [0.29, 0.717) is 12.3 Å². The van der Waals surface area contributed by atoms with Crippen LogP contribution in [0.15, 0.2) is 30.3 Å². The fourth-order valence-corrected chi connectivity index (χ4v) is 2.54. The van der Waals surface area contributed by atoms with Crippen molar-refractivity contribution >= 4 is 5.91 Å². The maximum atomic E-state index is 12.2. The highest BCUT2D eigenvalue weighted by atomic mass is 16.2. The molecule has 2 rings (SSSR count). The van der Waals surface area contributed by atoms with Crippen molar-refractivity contribution in [1.82, 2.24) is 9.80 Å². The molecule has 0 N–H and O–H groups in total. The maximum absolute atomic E-state index is 12.2. The average Bonchev–Trinajstić information content (AvgIpc) is 2.65. The predicted octanol–water partition coefficient (Wildman–Crippen LogP) is 2.17. The van der Waals surface area contributed by atoms with Crippen LogP contribution in [0.25, 0.3) is 0 Å². The molecule has 0 unspecified atom stereocenters. The van der Waals surface area contributed by atoms with Crippen LogP contribution in [-0.4, -0.2) is 48.9 Å². The Labute approximate surface area is 116 Å². The molecule has 1 aliphatic rings. The quantitative estimate of drug-likeness (QED) is 0.828. The van der Waals surface area contributed by atoms with E-state index in [4.69, 9.17) is 0 Å².